The van der Waals surface area contributed by atoms with Crippen molar-refractivity contribution in [3.05, 3.63) is 18.0 Å². The SMILES string of the molecule is Cn1cc(CCC(N)C2(N3CCCC3)CCCC2)cn1. The number of aryl methyl sites for hydroxylation is 2. The minimum atomic E-state index is 0.304. The summed E-state index contributed by atoms with van der Waals surface area (Å²) >= 11 is 0. The fraction of sp³-hybridized carbons (Fsp3) is 0.812. The van der Waals surface area contributed by atoms with Crippen LogP contribution in [-0.2, 0) is 13.5 Å². The fourth-order valence-corrected chi connectivity index (χ4v) is 4.26. The molecule has 1 unspecified atom stereocenters. The highest BCUT2D eigenvalue weighted by molar-refractivity contribution is 5.08. The molecule has 1 aliphatic carbocycles. The lowest BCUT2D eigenvalue weighted by Crippen LogP contribution is -2.57. The van der Waals surface area contributed by atoms with Gasteiger partial charge >= 0.3 is 0 Å². The molecule has 4 heteroatoms. The summed E-state index contributed by atoms with van der Waals surface area (Å²) < 4.78 is 1.88. The van der Waals surface area contributed by atoms with E-state index in [2.05, 4.69) is 16.2 Å². The van der Waals surface area contributed by atoms with Gasteiger partial charge in [0.15, 0.2) is 0 Å². The summed E-state index contributed by atoms with van der Waals surface area (Å²) in [6.07, 6.45) is 14.3. The molecule has 0 aromatic carbocycles. The van der Waals surface area contributed by atoms with Crippen LogP contribution in [0.4, 0.5) is 0 Å². The Bertz CT molecular complexity index is 427. The van der Waals surface area contributed by atoms with E-state index in [-0.39, 0.29) is 0 Å². The lowest BCUT2D eigenvalue weighted by Gasteiger charge is -2.43. The third-order valence-electron chi connectivity index (χ3n) is 5.40. The van der Waals surface area contributed by atoms with Crippen LogP contribution in [0.1, 0.15) is 50.5 Å². The van der Waals surface area contributed by atoms with Crippen LogP contribution in [0.2, 0.25) is 0 Å². The van der Waals surface area contributed by atoms with Crippen molar-refractivity contribution < 1.29 is 0 Å². The minimum absolute atomic E-state index is 0.304. The molecule has 4 nitrogen and oxygen atoms in total. The van der Waals surface area contributed by atoms with Crippen LogP contribution >= 0.6 is 0 Å². The maximum absolute atomic E-state index is 6.68. The standard InChI is InChI=1S/C16H28N4/c1-19-13-14(12-18-19)6-7-15(17)16(8-2-3-9-16)20-10-4-5-11-20/h12-13,15H,2-11,17H2,1H3. The highest BCUT2D eigenvalue weighted by atomic mass is 15.2. The van der Waals surface area contributed by atoms with Gasteiger partial charge < -0.3 is 5.73 Å². The van der Waals surface area contributed by atoms with E-state index < -0.39 is 0 Å². The van der Waals surface area contributed by atoms with Gasteiger partial charge in [0, 0.05) is 24.8 Å². The molecule has 2 heterocycles. The summed E-state index contributed by atoms with van der Waals surface area (Å²) in [7, 11) is 1.98. The van der Waals surface area contributed by atoms with E-state index in [9.17, 15) is 0 Å². The molecule has 0 amide bonds. The van der Waals surface area contributed by atoms with Gasteiger partial charge in [0.25, 0.3) is 0 Å². The molecule has 1 saturated heterocycles. The van der Waals surface area contributed by atoms with E-state index in [4.69, 9.17) is 5.73 Å². The van der Waals surface area contributed by atoms with Gasteiger partial charge in [0.05, 0.1) is 6.20 Å². The smallest absolute Gasteiger partial charge is 0.0521 e. The predicted octanol–water partition coefficient (Wildman–Crippen LogP) is 2.09. The first-order chi connectivity index (χ1) is 9.71. The lowest BCUT2D eigenvalue weighted by atomic mass is 9.83. The second-order valence-electron chi connectivity index (χ2n) is 6.67. The first-order valence-corrected chi connectivity index (χ1v) is 8.19. The zero-order valence-corrected chi connectivity index (χ0v) is 12.7. The monoisotopic (exact) mass is 276 g/mol. The number of hydrogen-bond donors (Lipinski definition) is 1. The summed E-state index contributed by atoms with van der Waals surface area (Å²) in [5, 5.41) is 4.25. The quantitative estimate of drug-likeness (QED) is 0.896. The largest absolute Gasteiger partial charge is 0.326 e. The van der Waals surface area contributed by atoms with Crippen LogP contribution in [-0.4, -0.2) is 39.4 Å². The molecule has 0 radical (unpaired) electrons. The zero-order chi connectivity index (χ0) is 14.0. The Labute approximate surface area is 122 Å². The molecule has 2 aliphatic rings. The average molecular weight is 276 g/mol. The van der Waals surface area contributed by atoms with E-state index in [1.165, 1.54) is 57.2 Å². The number of hydrogen-bond acceptors (Lipinski definition) is 3. The van der Waals surface area contributed by atoms with E-state index in [0.29, 0.717) is 11.6 Å². The molecule has 2 N–H and O–H groups in total. The van der Waals surface area contributed by atoms with Crippen molar-refractivity contribution in [1.29, 1.82) is 0 Å². The molecule has 1 atom stereocenters. The fourth-order valence-electron chi connectivity index (χ4n) is 4.26. The van der Waals surface area contributed by atoms with Crippen molar-refractivity contribution in [2.45, 2.75) is 62.9 Å². The highest BCUT2D eigenvalue weighted by Gasteiger charge is 2.44. The van der Waals surface area contributed by atoms with Crippen molar-refractivity contribution >= 4 is 0 Å². The summed E-state index contributed by atoms with van der Waals surface area (Å²) in [5.74, 6) is 0. The van der Waals surface area contributed by atoms with E-state index >= 15 is 0 Å². The van der Waals surface area contributed by atoms with Crippen molar-refractivity contribution in [1.82, 2.24) is 14.7 Å². The molecule has 20 heavy (non-hydrogen) atoms. The molecule has 1 aliphatic heterocycles. The third kappa shape index (κ3) is 2.63. The number of likely N-dealkylation sites (tertiary alicyclic amines) is 1. The maximum atomic E-state index is 6.68. The van der Waals surface area contributed by atoms with Gasteiger partial charge in [-0.15, -0.1) is 0 Å². The first kappa shape index (κ1) is 14.1. The van der Waals surface area contributed by atoms with Gasteiger partial charge in [0.2, 0.25) is 0 Å². The van der Waals surface area contributed by atoms with Crippen LogP contribution in [0.5, 0.6) is 0 Å². The highest BCUT2D eigenvalue weighted by Crippen LogP contribution is 2.40. The Morgan fingerprint density at radius 2 is 1.95 bits per heavy atom. The zero-order valence-electron chi connectivity index (χ0n) is 12.7. The summed E-state index contributed by atoms with van der Waals surface area (Å²) in [6, 6.07) is 0.309. The molecule has 0 bridgehead atoms. The first-order valence-electron chi connectivity index (χ1n) is 8.19. The second-order valence-corrected chi connectivity index (χ2v) is 6.67. The van der Waals surface area contributed by atoms with Gasteiger partial charge in [0.1, 0.15) is 0 Å². The van der Waals surface area contributed by atoms with E-state index in [1.54, 1.807) is 0 Å². The summed E-state index contributed by atoms with van der Waals surface area (Å²) in [5.41, 5.74) is 8.30. The molecule has 1 aromatic rings. The van der Waals surface area contributed by atoms with Gasteiger partial charge in [-0.05, 0) is 57.2 Å². The third-order valence-corrected chi connectivity index (χ3v) is 5.40. The second kappa shape index (κ2) is 5.86. The van der Waals surface area contributed by atoms with Crippen molar-refractivity contribution in [2.24, 2.45) is 12.8 Å². The van der Waals surface area contributed by atoms with E-state index in [1.807, 2.05) is 17.9 Å². The Kier molecular flexibility index (Phi) is 4.13. The number of nitrogens with two attached hydrogens (primary N) is 1. The minimum Gasteiger partial charge on any atom is -0.326 e. The molecule has 112 valence electrons. The molecule has 3 rings (SSSR count). The Morgan fingerprint density at radius 1 is 1.25 bits per heavy atom. The maximum Gasteiger partial charge on any atom is 0.0521 e. The predicted molar refractivity (Wildman–Crippen MR) is 81.5 cm³/mol. The van der Waals surface area contributed by atoms with Crippen molar-refractivity contribution in [3.63, 3.8) is 0 Å². The van der Waals surface area contributed by atoms with Gasteiger partial charge in [-0.3, -0.25) is 9.58 Å². The van der Waals surface area contributed by atoms with E-state index in [0.717, 1.165) is 12.8 Å². The van der Waals surface area contributed by atoms with Crippen LogP contribution < -0.4 is 5.73 Å². The molecular weight excluding hydrogens is 248 g/mol. The van der Waals surface area contributed by atoms with Gasteiger partial charge in [-0.1, -0.05) is 12.8 Å². The average Bonchev–Trinajstić information content (AvgIpc) is 3.17. The Hall–Kier alpha value is -0.870. The molecule has 2 fully saturated rings. The van der Waals surface area contributed by atoms with Crippen LogP contribution in [0, 0.1) is 0 Å². The van der Waals surface area contributed by atoms with Gasteiger partial charge in [-0.25, -0.2) is 0 Å². The Morgan fingerprint density at radius 3 is 2.55 bits per heavy atom. The number of aromatic nitrogens is 2. The number of rotatable bonds is 5. The van der Waals surface area contributed by atoms with Crippen molar-refractivity contribution in [3.8, 4) is 0 Å². The molecule has 0 spiro atoms. The van der Waals surface area contributed by atoms with Crippen LogP contribution in [0.3, 0.4) is 0 Å². The van der Waals surface area contributed by atoms with Crippen molar-refractivity contribution in [2.75, 3.05) is 13.1 Å². The topological polar surface area (TPSA) is 47.1 Å². The normalized spacial score (nSPS) is 24.3. The summed E-state index contributed by atoms with van der Waals surface area (Å²) in [4.78, 5) is 2.72. The van der Waals surface area contributed by atoms with Crippen LogP contribution in [0.15, 0.2) is 12.4 Å². The molecule has 1 saturated carbocycles. The lowest BCUT2D eigenvalue weighted by molar-refractivity contribution is 0.0889. The molecular formula is C16H28N4. The Balaban J connectivity index is 1.64. The summed E-state index contributed by atoms with van der Waals surface area (Å²) in [6.45, 7) is 2.53. The van der Waals surface area contributed by atoms with Crippen LogP contribution in [0.25, 0.3) is 0 Å². The molecule has 1 aromatic heterocycles. The number of nitrogens with zero attached hydrogens (tertiary/aromatic N) is 3. The van der Waals surface area contributed by atoms with Gasteiger partial charge in [-0.2, -0.15) is 5.10 Å².